The summed E-state index contributed by atoms with van der Waals surface area (Å²) in [7, 11) is 0. The first kappa shape index (κ1) is 29.2. The van der Waals surface area contributed by atoms with Gasteiger partial charge in [0.25, 0.3) is 0 Å². The summed E-state index contributed by atoms with van der Waals surface area (Å²) in [6.07, 6.45) is -2.37. The predicted octanol–water partition coefficient (Wildman–Crippen LogP) is 1.66. The van der Waals surface area contributed by atoms with Gasteiger partial charge in [0.2, 0.25) is 6.10 Å². The lowest BCUT2D eigenvalue weighted by atomic mass is 9.38. The van der Waals surface area contributed by atoms with E-state index in [-0.39, 0.29) is 19.4 Å². The second-order valence-electron chi connectivity index (χ2n) is 15.4. The lowest BCUT2D eigenvalue weighted by Gasteiger charge is -2.68. The van der Waals surface area contributed by atoms with E-state index in [9.17, 15) is 34.8 Å². The van der Waals surface area contributed by atoms with Crippen LogP contribution in [0.1, 0.15) is 74.1 Å². The van der Waals surface area contributed by atoms with Crippen LogP contribution in [0.4, 0.5) is 0 Å². The lowest BCUT2D eigenvalue weighted by molar-refractivity contribution is -0.340. The van der Waals surface area contributed by atoms with Crippen LogP contribution in [0, 0.1) is 45.3 Å². The molecule has 10 nitrogen and oxygen atoms in total. The van der Waals surface area contributed by atoms with E-state index in [2.05, 4.69) is 0 Å². The minimum Gasteiger partial charge on any atom is -0.459 e. The van der Waals surface area contributed by atoms with Gasteiger partial charge in [0.05, 0.1) is 18.6 Å². The van der Waals surface area contributed by atoms with Crippen molar-refractivity contribution in [1.29, 1.82) is 0 Å². The maximum atomic E-state index is 13.6. The number of ether oxygens (including phenoxy) is 3. The number of fused-ring (bicyclic) bond motifs is 1. The molecule has 5 fully saturated rings. The molecule has 0 aromatic heterocycles. The Morgan fingerprint density at radius 3 is 2.29 bits per heavy atom. The molecule has 2 heterocycles. The number of carbonyl (C=O) groups excluding carboxylic acids is 3. The molecule has 4 N–H and O–H groups in total. The number of allylic oxidation sites excluding steroid dienone is 1. The lowest BCUT2D eigenvalue weighted by Crippen LogP contribution is -2.78. The fourth-order valence-electron chi connectivity index (χ4n) is 10.6. The molecule has 4 aliphatic carbocycles. The van der Waals surface area contributed by atoms with E-state index in [0.29, 0.717) is 5.57 Å². The molecule has 2 aliphatic heterocycles. The van der Waals surface area contributed by atoms with Gasteiger partial charge >= 0.3 is 11.9 Å². The minimum atomic E-state index is -2.12. The minimum absolute atomic E-state index is 0.109. The molecule has 0 amide bonds. The van der Waals surface area contributed by atoms with E-state index < -0.39 is 98.9 Å². The Labute approximate surface area is 240 Å². The Hall–Kier alpha value is -1.85. The first-order valence-electron chi connectivity index (χ1n) is 14.9. The first-order chi connectivity index (χ1) is 18.8. The summed E-state index contributed by atoms with van der Waals surface area (Å²) in [6, 6.07) is 0. The van der Waals surface area contributed by atoms with Crippen molar-refractivity contribution in [3.05, 3.63) is 11.6 Å². The van der Waals surface area contributed by atoms with E-state index in [1.807, 2.05) is 27.7 Å². The zero-order valence-corrected chi connectivity index (χ0v) is 25.0. The molecule has 2 bridgehead atoms. The number of ketones is 1. The topological polar surface area (TPSA) is 160 Å². The fraction of sp³-hybridized carbons (Fsp3) is 0.839. The third-order valence-corrected chi connectivity index (χ3v) is 12.9. The maximum Gasteiger partial charge on any atom is 0.348 e. The molecule has 228 valence electrons. The highest BCUT2D eigenvalue weighted by atomic mass is 16.7. The molecule has 2 saturated heterocycles. The normalized spacial score (nSPS) is 50.4. The predicted molar refractivity (Wildman–Crippen MR) is 143 cm³/mol. The maximum absolute atomic E-state index is 13.6. The third kappa shape index (κ3) is 3.29. The van der Waals surface area contributed by atoms with Crippen molar-refractivity contribution in [2.24, 2.45) is 45.3 Å². The average Bonchev–Trinajstić information content (AvgIpc) is 3.25. The number of hydrogen-bond acceptors (Lipinski definition) is 10. The molecule has 6 aliphatic rings. The van der Waals surface area contributed by atoms with Gasteiger partial charge < -0.3 is 34.6 Å². The van der Waals surface area contributed by atoms with Gasteiger partial charge in [-0.1, -0.05) is 47.1 Å². The standard InChI is InChI=1S/C31H44O10/c1-14-10-17(32)23(35)28(7)16(14)11-18-29-13-39-31(38,25(28)29)22(34)15(2)20(29)21(24(36)40-18)41-19(33)12-30(37)26(3,4)8-9-27(30,5)6/h10,15-16,18,20-23,25,34-35,37-38H,8-9,11-13H2,1-7H3/t15-,16+,18-,20-,21-,22-,23-,25-,28-,29+,31+/m1/s1. The first-order valence-corrected chi connectivity index (χ1v) is 14.9. The summed E-state index contributed by atoms with van der Waals surface area (Å²) >= 11 is 0. The highest BCUT2D eigenvalue weighted by Gasteiger charge is 2.83. The monoisotopic (exact) mass is 576 g/mol. The van der Waals surface area contributed by atoms with Crippen LogP contribution in [0.25, 0.3) is 0 Å². The molecular weight excluding hydrogens is 532 g/mol. The molecule has 41 heavy (non-hydrogen) atoms. The van der Waals surface area contributed by atoms with Crippen molar-refractivity contribution in [3.8, 4) is 0 Å². The SMILES string of the molecule is CC1=CC(=O)[C@@H](O)[C@]2(C)[C@H]3[C@@]4(O)OC[C@]35[C@H]([C@@H](C)[C@H]4O)[C@@H](OC(=O)CC3(O)C(C)(C)CCC3(C)C)C(=O)O[C@@H]5C[C@@H]12. The van der Waals surface area contributed by atoms with Gasteiger partial charge in [0.1, 0.15) is 18.3 Å². The van der Waals surface area contributed by atoms with Crippen LogP contribution < -0.4 is 0 Å². The van der Waals surface area contributed by atoms with E-state index in [4.69, 9.17) is 14.2 Å². The van der Waals surface area contributed by atoms with Crippen LogP contribution in [0.15, 0.2) is 11.6 Å². The Kier molecular flexibility index (Phi) is 5.99. The van der Waals surface area contributed by atoms with E-state index >= 15 is 0 Å². The Bertz CT molecular complexity index is 1220. The summed E-state index contributed by atoms with van der Waals surface area (Å²) in [4.78, 5) is 40.1. The van der Waals surface area contributed by atoms with Gasteiger partial charge in [0, 0.05) is 22.7 Å². The zero-order valence-electron chi connectivity index (χ0n) is 25.0. The van der Waals surface area contributed by atoms with E-state index in [1.165, 1.54) is 6.08 Å². The number of esters is 2. The summed E-state index contributed by atoms with van der Waals surface area (Å²) in [5, 5.41) is 46.7. The molecule has 0 radical (unpaired) electrons. The van der Waals surface area contributed by atoms with Gasteiger partial charge in [0.15, 0.2) is 11.6 Å². The van der Waals surface area contributed by atoms with Crippen molar-refractivity contribution in [2.45, 2.75) is 110 Å². The van der Waals surface area contributed by atoms with Crippen LogP contribution >= 0.6 is 0 Å². The Morgan fingerprint density at radius 1 is 1.07 bits per heavy atom. The van der Waals surface area contributed by atoms with Gasteiger partial charge in [-0.05, 0) is 54.9 Å². The number of carbonyl (C=O) groups is 3. The second kappa shape index (κ2) is 8.40. The van der Waals surface area contributed by atoms with Crippen molar-refractivity contribution >= 4 is 17.7 Å². The van der Waals surface area contributed by atoms with E-state index in [1.54, 1.807) is 20.8 Å². The molecule has 0 aromatic rings. The van der Waals surface area contributed by atoms with Crippen LogP contribution in [0.3, 0.4) is 0 Å². The van der Waals surface area contributed by atoms with Gasteiger partial charge in [-0.15, -0.1) is 0 Å². The van der Waals surface area contributed by atoms with Crippen molar-refractivity contribution < 1.29 is 49.0 Å². The summed E-state index contributed by atoms with van der Waals surface area (Å²) in [5.41, 5.74) is -4.20. The molecule has 0 aromatic carbocycles. The Morgan fingerprint density at radius 2 is 1.68 bits per heavy atom. The second-order valence-corrected chi connectivity index (χ2v) is 15.4. The molecule has 11 atom stereocenters. The molecule has 6 rings (SSSR count). The highest BCUT2D eigenvalue weighted by molar-refractivity contribution is 5.96. The third-order valence-electron chi connectivity index (χ3n) is 12.9. The highest BCUT2D eigenvalue weighted by Crippen LogP contribution is 2.74. The van der Waals surface area contributed by atoms with Gasteiger partial charge in [-0.3, -0.25) is 9.59 Å². The summed E-state index contributed by atoms with van der Waals surface area (Å²) in [6.45, 7) is 12.8. The van der Waals surface area contributed by atoms with Crippen LogP contribution in [0.5, 0.6) is 0 Å². The smallest absolute Gasteiger partial charge is 0.348 e. The Balaban J connectivity index is 1.42. The zero-order chi connectivity index (χ0) is 30.3. The quantitative estimate of drug-likeness (QED) is 0.364. The molecule has 3 saturated carbocycles. The average molecular weight is 577 g/mol. The summed E-state index contributed by atoms with van der Waals surface area (Å²) < 4.78 is 18.0. The molecule has 1 spiro atoms. The number of hydrogen-bond donors (Lipinski definition) is 4. The number of aliphatic hydroxyl groups is 4. The molecule has 10 heteroatoms. The van der Waals surface area contributed by atoms with Crippen molar-refractivity contribution in [3.63, 3.8) is 0 Å². The van der Waals surface area contributed by atoms with Crippen molar-refractivity contribution in [2.75, 3.05) is 6.61 Å². The van der Waals surface area contributed by atoms with Crippen LogP contribution in [-0.4, -0.2) is 80.6 Å². The van der Waals surface area contributed by atoms with Gasteiger partial charge in [-0.2, -0.15) is 0 Å². The van der Waals surface area contributed by atoms with Crippen LogP contribution in [0.2, 0.25) is 0 Å². The van der Waals surface area contributed by atoms with Crippen molar-refractivity contribution in [1.82, 2.24) is 0 Å². The van der Waals surface area contributed by atoms with Gasteiger partial charge in [-0.25, -0.2) is 4.79 Å². The fourth-order valence-corrected chi connectivity index (χ4v) is 10.6. The molecular formula is C31H44O10. The largest absolute Gasteiger partial charge is 0.459 e. The van der Waals surface area contributed by atoms with Crippen LogP contribution in [-0.2, 0) is 28.6 Å². The molecule has 0 unspecified atom stereocenters. The number of rotatable bonds is 3. The van der Waals surface area contributed by atoms with E-state index in [0.717, 1.165) is 12.8 Å². The number of aliphatic hydroxyl groups excluding tert-OH is 2. The summed E-state index contributed by atoms with van der Waals surface area (Å²) in [5.74, 6) is -7.13.